The van der Waals surface area contributed by atoms with Gasteiger partial charge in [0.05, 0.1) is 41.7 Å². The summed E-state index contributed by atoms with van der Waals surface area (Å²) in [4.78, 5) is 6.74. The maximum absolute atomic E-state index is 14.2. The third-order valence-electron chi connectivity index (χ3n) is 6.86. The van der Waals surface area contributed by atoms with E-state index in [1.165, 1.54) is 11.6 Å². The number of anilines is 2. The Bertz CT molecular complexity index is 1150. The molecule has 2 aliphatic heterocycles. The van der Waals surface area contributed by atoms with Crippen LogP contribution in [-0.2, 0) is 6.54 Å². The summed E-state index contributed by atoms with van der Waals surface area (Å²) in [7, 11) is 0. The van der Waals surface area contributed by atoms with Crippen molar-refractivity contribution >= 4 is 23.5 Å². The molecule has 0 unspecified atom stereocenters. The van der Waals surface area contributed by atoms with Gasteiger partial charge in [0.15, 0.2) is 0 Å². The second-order valence-electron chi connectivity index (χ2n) is 9.91. The molecule has 2 aromatic carbocycles. The molecule has 2 aliphatic rings. The Morgan fingerprint density at radius 2 is 1.89 bits per heavy atom. The molecule has 5 rings (SSSR count). The van der Waals surface area contributed by atoms with Gasteiger partial charge in [-0.15, -0.1) is 0 Å². The van der Waals surface area contributed by atoms with Crippen molar-refractivity contribution in [2.45, 2.75) is 57.8 Å². The van der Waals surface area contributed by atoms with Gasteiger partial charge in [-0.2, -0.15) is 0 Å². The van der Waals surface area contributed by atoms with Gasteiger partial charge >= 0.3 is 0 Å². The molecule has 0 saturated carbocycles. The summed E-state index contributed by atoms with van der Waals surface area (Å²) in [5.74, 6) is 0.727. The number of hydrogen-bond acceptors (Lipinski definition) is 6. The van der Waals surface area contributed by atoms with Crippen molar-refractivity contribution in [1.82, 2.24) is 9.88 Å². The van der Waals surface area contributed by atoms with E-state index in [-0.39, 0.29) is 17.5 Å². The highest BCUT2D eigenvalue weighted by Crippen LogP contribution is 2.49. The smallest absolute Gasteiger partial charge is 0.125 e. The fourth-order valence-electron chi connectivity index (χ4n) is 5.26. The summed E-state index contributed by atoms with van der Waals surface area (Å²) in [5, 5.41) is 0. The Balaban J connectivity index is 1.37. The number of hydrogen-bond donors (Lipinski definition) is 0. The van der Waals surface area contributed by atoms with Gasteiger partial charge in [0.2, 0.25) is 0 Å². The standard InChI is InChI=1S/C28H33FN4OS/c1-21(2)34-27-9-4-6-23(16-27)19-31-15-12-28(18-22(31)3)20-32(25-10-13-30-14-11-25)35-33(28)26-8-5-7-24(29)17-26/h4-11,13-14,16-17,21-22H,12,15,18-20H2,1-3H3/t22-,28+/m0/s1. The van der Waals surface area contributed by atoms with Gasteiger partial charge < -0.3 is 4.74 Å². The quantitative estimate of drug-likeness (QED) is 0.374. The zero-order chi connectivity index (χ0) is 24.4. The number of nitrogens with zero attached hydrogens (tertiary/aromatic N) is 4. The third kappa shape index (κ3) is 5.26. The lowest BCUT2D eigenvalue weighted by Crippen LogP contribution is -2.56. The van der Waals surface area contributed by atoms with Crippen LogP contribution in [0.25, 0.3) is 0 Å². The number of pyridine rings is 1. The Morgan fingerprint density at radius 1 is 1.09 bits per heavy atom. The van der Waals surface area contributed by atoms with Crippen LogP contribution in [0, 0.1) is 5.82 Å². The van der Waals surface area contributed by atoms with Crippen molar-refractivity contribution < 1.29 is 9.13 Å². The Hall–Kier alpha value is -2.77. The van der Waals surface area contributed by atoms with Crippen LogP contribution in [0.5, 0.6) is 5.75 Å². The van der Waals surface area contributed by atoms with Crippen molar-refractivity contribution in [2.24, 2.45) is 0 Å². The molecule has 2 saturated heterocycles. The minimum Gasteiger partial charge on any atom is -0.491 e. The van der Waals surface area contributed by atoms with Crippen molar-refractivity contribution in [3.63, 3.8) is 0 Å². The molecule has 0 aliphatic carbocycles. The van der Waals surface area contributed by atoms with Crippen LogP contribution in [0.15, 0.2) is 73.1 Å². The number of aromatic nitrogens is 1. The van der Waals surface area contributed by atoms with Gasteiger partial charge in [-0.1, -0.05) is 18.2 Å². The first-order valence-corrected chi connectivity index (χ1v) is 13.1. The van der Waals surface area contributed by atoms with Crippen molar-refractivity contribution in [2.75, 3.05) is 21.7 Å². The molecular formula is C28H33FN4OS. The van der Waals surface area contributed by atoms with Crippen LogP contribution in [0.4, 0.5) is 15.8 Å². The zero-order valence-corrected chi connectivity index (χ0v) is 21.4. The van der Waals surface area contributed by atoms with Crippen LogP contribution < -0.4 is 13.3 Å². The van der Waals surface area contributed by atoms with Gasteiger partial charge in [0, 0.05) is 31.5 Å². The van der Waals surface area contributed by atoms with Crippen LogP contribution >= 0.6 is 12.1 Å². The van der Waals surface area contributed by atoms with E-state index in [0.29, 0.717) is 6.04 Å². The molecule has 3 aromatic rings. The molecule has 0 amide bonds. The minimum atomic E-state index is -0.199. The van der Waals surface area contributed by atoms with Gasteiger partial charge in [0.1, 0.15) is 11.6 Å². The first-order valence-electron chi connectivity index (χ1n) is 12.3. The Labute approximate surface area is 212 Å². The van der Waals surface area contributed by atoms with Crippen LogP contribution in [0.1, 0.15) is 39.2 Å². The van der Waals surface area contributed by atoms with Gasteiger partial charge in [-0.25, -0.2) is 4.39 Å². The van der Waals surface area contributed by atoms with E-state index in [1.807, 2.05) is 36.7 Å². The molecule has 2 fully saturated rings. The van der Waals surface area contributed by atoms with E-state index in [4.69, 9.17) is 4.74 Å². The largest absolute Gasteiger partial charge is 0.491 e. The lowest BCUT2D eigenvalue weighted by molar-refractivity contribution is 0.108. The topological polar surface area (TPSA) is 31.8 Å². The van der Waals surface area contributed by atoms with Crippen LogP contribution in [-0.4, -0.2) is 40.7 Å². The maximum atomic E-state index is 14.2. The number of likely N-dealkylation sites (tertiary alicyclic amines) is 1. The molecule has 35 heavy (non-hydrogen) atoms. The summed E-state index contributed by atoms with van der Waals surface area (Å²) >= 11 is 1.68. The zero-order valence-electron chi connectivity index (χ0n) is 20.6. The highest BCUT2D eigenvalue weighted by Gasteiger charge is 2.50. The maximum Gasteiger partial charge on any atom is 0.125 e. The normalized spacial score (nSPS) is 22.8. The first-order chi connectivity index (χ1) is 16.9. The predicted molar refractivity (Wildman–Crippen MR) is 142 cm³/mol. The number of ether oxygens (including phenoxy) is 1. The van der Waals surface area contributed by atoms with E-state index in [9.17, 15) is 4.39 Å². The summed E-state index contributed by atoms with van der Waals surface area (Å²) in [5.41, 5.74) is 3.23. The SMILES string of the molecule is CC(C)Oc1cccc(CN2CC[C@@]3(C[C@@H]2C)CN(c2ccncc2)SN3c2cccc(F)c2)c1. The predicted octanol–water partition coefficient (Wildman–Crippen LogP) is 6.32. The molecule has 5 nitrogen and oxygen atoms in total. The van der Waals surface area contributed by atoms with Crippen molar-refractivity contribution in [1.29, 1.82) is 0 Å². The molecule has 2 atom stereocenters. The lowest BCUT2D eigenvalue weighted by Gasteiger charge is -2.47. The molecule has 3 heterocycles. The molecule has 0 radical (unpaired) electrons. The number of halogens is 1. The van der Waals surface area contributed by atoms with Gasteiger partial charge in [-0.05, 0) is 81.6 Å². The minimum absolute atomic E-state index is 0.0831. The van der Waals surface area contributed by atoms with Gasteiger partial charge in [0.25, 0.3) is 0 Å². The monoisotopic (exact) mass is 492 g/mol. The molecular weight excluding hydrogens is 459 g/mol. The first kappa shape index (κ1) is 23.9. The Morgan fingerprint density at radius 3 is 2.63 bits per heavy atom. The number of rotatable bonds is 6. The van der Waals surface area contributed by atoms with E-state index >= 15 is 0 Å². The van der Waals surface area contributed by atoms with E-state index < -0.39 is 0 Å². The number of benzene rings is 2. The van der Waals surface area contributed by atoms with E-state index in [0.717, 1.165) is 49.6 Å². The lowest BCUT2D eigenvalue weighted by atomic mass is 9.82. The van der Waals surface area contributed by atoms with E-state index in [2.05, 4.69) is 57.5 Å². The second kappa shape index (κ2) is 10.1. The summed E-state index contributed by atoms with van der Waals surface area (Å²) in [6.07, 6.45) is 5.83. The number of piperidine rings is 1. The van der Waals surface area contributed by atoms with Crippen LogP contribution in [0.2, 0.25) is 0 Å². The third-order valence-corrected chi connectivity index (χ3v) is 8.16. The average Bonchev–Trinajstić information content (AvgIpc) is 3.20. The summed E-state index contributed by atoms with van der Waals surface area (Å²) < 4.78 is 24.8. The van der Waals surface area contributed by atoms with Crippen LogP contribution in [0.3, 0.4) is 0 Å². The highest BCUT2D eigenvalue weighted by molar-refractivity contribution is 8.02. The average molecular weight is 493 g/mol. The van der Waals surface area contributed by atoms with E-state index in [1.54, 1.807) is 24.3 Å². The fourth-order valence-corrected chi connectivity index (χ4v) is 6.57. The second-order valence-corrected chi connectivity index (χ2v) is 10.9. The fraction of sp³-hybridized carbons (Fsp3) is 0.393. The highest BCUT2D eigenvalue weighted by atomic mass is 32.2. The molecule has 1 spiro atoms. The Kier molecular flexibility index (Phi) is 6.89. The molecule has 184 valence electrons. The molecule has 0 N–H and O–H groups in total. The van der Waals surface area contributed by atoms with Gasteiger partial charge in [-0.3, -0.25) is 18.5 Å². The van der Waals surface area contributed by atoms with Crippen molar-refractivity contribution in [3.8, 4) is 5.75 Å². The summed E-state index contributed by atoms with van der Waals surface area (Å²) in [6.45, 7) is 9.18. The molecule has 0 bridgehead atoms. The van der Waals surface area contributed by atoms with Crippen molar-refractivity contribution in [3.05, 3.63) is 84.4 Å². The molecule has 1 aromatic heterocycles. The molecule has 7 heteroatoms. The summed E-state index contributed by atoms with van der Waals surface area (Å²) in [6, 6.07) is 19.9.